The van der Waals surface area contributed by atoms with Gasteiger partial charge in [-0.3, -0.25) is 14.4 Å². The number of ether oxygens (including phenoxy) is 2. The molecular weight excluding hydrogens is 568 g/mol. The van der Waals surface area contributed by atoms with Crippen LogP contribution < -0.4 is 4.90 Å². The summed E-state index contributed by atoms with van der Waals surface area (Å²) in [6.07, 6.45) is 8.14. The fourth-order valence-electron chi connectivity index (χ4n) is 8.06. The minimum absolute atomic E-state index is 0.0920. The van der Waals surface area contributed by atoms with E-state index in [9.17, 15) is 14.7 Å². The molecule has 0 saturated carbocycles. The number of fused-ring (bicyclic) bond motifs is 2. The molecule has 2 amide bonds. The molecular formula is C37H48N2O6. The zero-order valence-corrected chi connectivity index (χ0v) is 27.0. The van der Waals surface area contributed by atoms with Crippen LogP contribution in [-0.2, 0) is 23.9 Å². The predicted molar refractivity (Wildman–Crippen MR) is 176 cm³/mol. The van der Waals surface area contributed by atoms with E-state index in [2.05, 4.69) is 13.2 Å². The minimum Gasteiger partial charge on any atom is -0.465 e. The zero-order valence-electron chi connectivity index (χ0n) is 27.0. The van der Waals surface area contributed by atoms with E-state index in [1.807, 2.05) is 69.3 Å². The van der Waals surface area contributed by atoms with Gasteiger partial charge >= 0.3 is 5.97 Å². The maximum Gasteiger partial charge on any atom is 0.312 e. The Balaban J connectivity index is 1.59. The molecule has 3 fully saturated rings. The number of unbranched alkanes of at least 4 members (excludes halogenated alkanes) is 2. The van der Waals surface area contributed by atoms with Crippen LogP contribution in [-0.4, -0.2) is 70.8 Å². The molecule has 7 atom stereocenters. The van der Waals surface area contributed by atoms with Crippen LogP contribution in [0.5, 0.6) is 0 Å². The second-order valence-electron chi connectivity index (χ2n) is 12.9. The highest BCUT2D eigenvalue weighted by atomic mass is 16.6. The Morgan fingerprint density at radius 3 is 2.56 bits per heavy atom. The van der Waals surface area contributed by atoms with E-state index >= 15 is 4.79 Å². The number of amides is 2. The summed E-state index contributed by atoms with van der Waals surface area (Å²) in [6, 6.07) is 12.2. The van der Waals surface area contributed by atoms with Crippen LogP contribution in [0.15, 0.2) is 67.8 Å². The van der Waals surface area contributed by atoms with E-state index in [0.29, 0.717) is 37.8 Å². The van der Waals surface area contributed by atoms with Gasteiger partial charge in [0.1, 0.15) is 17.6 Å². The number of likely N-dealkylation sites (tertiary alicyclic amines) is 1. The van der Waals surface area contributed by atoms with E-state index in [-0.39, 0.29) is 37.5 Å². The monoisotopic (exact) mass is 616 g/mol. The van der Waals surface area contributed by atoms with E-state index in [1.165, 1.54) is 0 Å². The summed E-state index contributed by atoms with van der Waals surface area (Å²) in [6.45, 7) is 13.8. The number of hydrogen-bond donors (Lipinski definition) is 1. The topological polar surface area (TPSA) is 96.4 Å². The number of allylic oxidation sites excluding steroid dienone is 1. The summed E-state index contributed by atoms with van der Waals surface area (Å²) in [5.74, 6) is -2.84. The van der Waals surface area contributed by atoms with Crippen LogP contribution in [0.2, 0.25) is 0 Å². The lowest BCUT2D eigenvalue weighted by Crippen LogP contribution is -2.60. The van der Waals surface area contributed by atoms with Crippen LogP contribution >= 0.6 is 0 Å². The van der Waals surface area contributed by atoms with Gasteiger partial charge in [0.25, 0.3) is 5.91 Å². The summed E-state index contributed by atoms with van der Waals surface area (Å²) >= 11 is 0. The van der Waals surface area contributed by atoms with Gasteiger partial charge in [0, 0.05) is 12.2 Å². The third-order valence-electron chi connectivity index (χ3n) is 10.6. The number of benzene rings is 2. The Morgan fingerprint density at radius 2 is 1.89 bits per heavy atom. The second kappa shape index (κ2) is 13.5. The predicted octanol–water partition coefficient (Wildman–Crippen LogP) is 5.82. The lowest BCUT2D eigenvalue weighted by atomic mass is 9.65. The van der Waals surface area contributed by atoms with Gasteiger partial charge in [-0.15, -0.1) is 13.2 Å². The maximum atomic E-state index is 15.0. The van der Waals surface area contributed by atoms with Crippen molar-refractivity contribution in [3.63, 3.8) is 0 Å². The smallest absolute Gasteiger partial charge is 0.312 e. The minimum atomic E-state index is -1.21. The molecule has 2 aromatic rings. The number of aliphatic hydroxyl groups is 1. The molecule has 1 spiro atoms. The Kier molecular flexibility index (Phi) is 9.85. The van der Waals surface area contributed by atoms with Gasteiger partial charge in [-0.1, -0.05) is 69.7 Å². The number of rotatable bonds is 15. The van der Waals surface area contributed by atoms with Crippen LogP contribution in [0.3, 0.4) is 0 Å². The van der Waals surface area contributed by atoms with Crippen molar-refractivity contribution in [2.45, 2.75) is 89.0 Å². The molecule has 8 nitrogen and oxygen atoms in total. The first-order chi connectivity index (χ1) is 21.7. The number of hydrogen-bond acceptors (Lipinski definition) is 6. The first-order valence-corrected chi connectivity index (χ1v) is 16.5. The highest BCUT2D eigenvalue weighted by Crippen LogP contribution is 2.65. The number of esters is 1. The standard InChI is InChI=1S/C37H48N2O6/c1-6-10-11-14-22-44-35(43)31-30-33(41)39(29(24-40)25(5)8-3)32(37(30)20-19-36(31,9-4)45-37)34(42)38(21-7-2)28-18-17-26-15-12-13-16-27(26)23-28/h6-7,12-13,15-18,23,25,29-32,40H,1-2,8-11,14,19-22,24H2,3-5H3/t25-,29-,30-,31+,32?,36-,37?/m0/s1. The highest BCUT2D eigenvalue weighted by Gasteiger charge is 2.79. The van der Waals surface area contributed by atoms with Gasteiger partial charge in [0.15, 0.2) is 0 Å². The van der Waals surface area contributed by atoms with Crippen LogP contribution in [0.4, 0.5) is 5.69 Å². The molecule has 0 aromatic heterocycles. The molecule has 1 N–H and O–H groups in total. The number of carbonyl (C=O) groups excluding carboxylic acids is 3. The van der Waals surface area contributed by atoms with E-state index in [0.717, 1.165) is 23.6 Å². The van der Waals surface area contributed by atoms with Crippen molar-refractivity contribution in [1.29, 1.82) is 0 Å². The van der Waals surface area contributed by atoms with Gasteiger partial charge in [-0.2, -0.15) is 0 Å². The molecule has 8 heteroatoms. The van der Waals surface area contributed by atoms with Gasteiger partial charge in [0.05, 0.1) is 30.8 Å². The first-order valence-electron chi connectivity index (χ1n) is 16.5. The van der Waals surface area contributed by atoms with Gasteiger partial charge in [-0.05, 0) is 67.3 Å². The molecule has 0 aliphatic carbocycles. The molecule has 5 rings (SSSR count). The summed E-state index contributed by atoms with van der Waals surface area (Å²) in [4.78, 5) is 46.8. The molecule has 0 radical (unpaired) electrons. The lowest BCUT2D eigenvalue weighted by Gasteiger charge is -2.41. The van der Waals surface area contributed by atoms with E-state index < -0.39 is 41.1 Å². The Labute approximate surface area is 267 Å². The van der Waals surface area contributed by atoms with Gasteiger partial charge < -0.3 is 24.4 Å². The second-order valence-corrected chi connectivity index (χ2v) is 12.9. The summed E-state index contributed by atoms with van der Waals surface area (Å²) in [5, 5.41) is 12.7. The van der Waals surface area contributed by atoms with Crippen LogP contribution in [0.25, 0.3) is 10.8 Å². The van der Waals surface area contributed by atoms with Crippen molar-refractivity contribution >= 4 is 34.2 Å². The first kappa shape index (κ1) is 32.9. The Morgan fingerprint density at radius 1 is 1.13 bits per heavy atom. The number of aliphatic hydroxyl groups excluding tert-OH is 1. The van der Waals surface area contributed by atoms with E-state index in [1.54, 1.807) is 15.9 Å². The van der Waals surface area contributed by atoms with Crippen molar-refractivity contribution in [2.75, 3.05) is 24.7 Å². The molecule has 2 bridgehead atoms. The average Bonchev–Trinajstić information content (AvgIpc) is 3.67. The molecule has 242 valence electrons. The fraction of sp³-hybridized carbons (Fsp3) is 0.541. The molecule has 3 aliphatic rings. The summed E-state index contributed by atoms with van der Waals surface area (Å²) in [5.41, 5.74) is -1.42. The van der Waals surface area contributed by atoms with Gasteiger partial charge in [0.2, 0.25) is 5.91 Å². The quantitative estimate of drug-likeness (QED) is 0.154. The SMILES string of the molecule is C=CCCCCOC(=O)[C@H]1[C@H]2C(=O)N([C@@H](CO)[C@@H](C)CC)C(C(=O)N(CC=C)c3ccc4ccccc4c3)C23CC[C@]1(CC)O3. The number of nitrogens with zero attached hydrogens (tertiary/aromatic N) is 2. The molecule has 3 saturated heterocycles. The third kappa shape index (κ3) is 5.50. The number of carbonyl (C=O) groups is 3. The molecule has 2 unspecified atom stereocenters. The van der Waals surface area contributed by atoms with Crippen molar-refractivity contribution in [1.82, 2.24) is 4.90 Å². The molecule has 3 heterocycles. The summed E-state index contributed by atoms with van der Waals surface area (Å²) < 4.78 is 12.8. The van der Waals surface area contributed by atoms with Crippen molar-refractivity contribution < 1.29 is 29.0 Å². The van der Waals surface area contributed by atoms with Crippen LogP contribution in [0, 0.1) is 17.8 Å². The zero-order chi connectivity index (χ0) is 32.4. The Bertz CT molecular complexity index is 1440. The normalized spacial score (nSPS) is 28.1. The van der Waals surface area contributed by atoms with Crippen molar-refractivity contribution in [2.24, 2.45) is 17.8 Å². The molecule has 2 aromatic carbocycles. The molecule has 3 aliphatic heterocycles. The fourth-order valence-corrected chi connectivity index (χ4v) is 8.06. The van der Waals surface area contributed by atoms with Gasteiger partial charge in [-0.25, -0.2) is 0 Å². The maximum absolute atomic E-state index is 15.0. The van der Waals surface area contributed by atoms with Crippen molar-refractivity contribution in [3.8, 4) is 0 Å². The lowest BCUT2D eigenvalue weighted by molar-refractivity contribution is -0.162. The van der Waals surface area contributed by atoms with E-state index in [4.69, 9.17) is 9.47 Å². The summed E-state index contributed by atoms with van der Waals surface area (Å²) in [7, 11) is 0. The third-order valence-corrected chi connectivity index (χ3v) is 10.6. The Hall–Kier alpha value is -3.49. The van der Waals surface area contributed by atoms with Crippen molar-refractivity contribution in [3.05, 3.63) is 67.8 Å². The van der Waals surface area contributed by atoms with Crippen LogP contribution in [0.1, 0.15) is 65.7 Å². The largest absolute Gasteiger partial charge is 0.465 e. The molecule has 45 heavy (non-hydrogen) atoms. The average molecular weight is 617 g/mol. The highest BCUT2D eigenvalue weighted by molar-refractivity contribution is 6.05. The number of anilines is 1.